The van der Waals surface area contributed by atoms with E-state index in [4.69, 9.17) is 13.5 Å². The van der Waals surface area contributed by atoms with Gasteiger partial charge in [-0.15, -0.1) is 0 Å². The zero-order valence-electron chi connectivity index (χ0n) is 19.2. The van der Waals surface area contributed by atoms with Gasteiger partial charge < -0.3 is 4.18 Å². The second-order valence-electron chi connectivity index (χ2n) is 9.95. The molecule has 4 rings (SSSR count). The van der Waals surface area contributed by atoms with Gasteiger partial charge in [-0.1, -0.05) is 19.9 Å². The Hall–Kier alpha value is -1.20. The second-order valence-corrected chi connectivity index (χ2v) is 12.9. The number of rotatable bonds is 6. The van der Waals surface area contributed by atoms with Crippen LogP contribution in [-0.2, 0) is 37.6 Å². The van der Waals surface area contributed by atoms with Crippen molar-refractivity contribution in [1.29, 1.82) is 0 Å². The van der Waals surface area contributed by atoms with Crippen LogP contribution in [0.3, 0.4) is 0 Å². The van der Waals surface area contributed by atoms with E-state index in [0.717, 1.165) is 54.0 Å². The summed E-state index contributed by atoms with van der Waals surface area (Å²) in [6.45, 7) is 4.17. The van der Waals surface area contributed by atoms with Crippen LogP contribution in [0.2, 0.25) is 0 Å². The van der Waals surface area contributed by atoms with Crippen molar-refractivity contribution in [1.82, 2.24) is 4.31 Å². The highest BCUT2D eigenvalue weighted by Gasteiger charge is 2.56. The highest BCUT2D eigenvalue weighted by atomic mass is 32.2. The van der Waals surface area contributed by atoms with Crippen molar-refractivity contribution in [3.63, 3.8) is 0 Å². The number of aryl methyl sites for hydroxylation is 2. The molecule has 0 radical (unpaired) electrons. The molecule has 0 saturated heterocycles. The maximum Gasteiger partial charge on any atom is 0.380 e. The molecule has 0 aliphatic heterocycles. The number of nitrogens with zero attached hydrogens (tertiary/aromatic N) is 1. The quantitative estimate of drug-likeness (QED) is 0.661. The van der Waals surface area contributed by atoms with Gasteiger partial charge in [-0.2, -0.15) is 26.3 Å². The van der Waals surface area contributed by atoms with Gasteiger partial charge in [-0.3, -0.25) is 4.18 Å². The van der Waals surface area contributed by atoms with Crippen LogP contribution in [0.15, 0.2) is 12.1 Å². The van der Waals surface area contributed by atoms with E-state index in [9.17, 15) is 16.8 Å². The largest absolute Gasteiger partial charge is 0.380 e. The van der Waals surface area contributed by atoms with Gasteiger partial charge in [-0.05, 0) is 90.9 Å². The molecule has 0 aromatic heterocycles. The van der Waals surface area contributed by atoms with Crippen LogP contribution in [0.5, 0.6) is 5.75 Å². The van der Waals surface area contributed by atoms with E-state index in [2.05, 4.69) is 13.0 Å². The van der Waals surface area contributed by atoms with Gasteiger partial charge in [-0.25, -0.2) is 0 Å². The molecule has 8 nitrogen and oxygen atoms in total. The van der Waals surface area contributed by atoms with Gasteiger partial charge in [0.25, 0.3) is 0 Å². The summed E-state index contributed by atoms with van der Waals surface area (Å²) in [5.74, 6) is 1.58. The summed E-state index contributed by atoms with van der Waals surface area (Å²) in [6.07, 6.45) is 5.78. The normalized spacial score (nSPS) is 32.3. The summed E-state index contributed by atoms with van der Waals surface area (Å²) >= 11 is 0. The van der Waals surface area contributed by atoms with Crippen LogP contribution in [0, 0.1) is 17.3 Å². The van der Waals surface area contributed by atoms with Gasteiger partial charge in [0.2, 0.25) is 0 Å². The van der Waals surface area contributed by atoms with Crippen molar-refractivity contribution in [2.75, 3.05) is 14.1 Å². The fourth-order valence-electron chi connectivity index (χ4n) is 6.47. The molecule has 5 atom stereocenters. The lowest BCUT2D eigenvalue weighted by Crippen LogP contribution is -2.46. The lowest BCUT2D eigenvalue weighted by molar-refractivity contribution is -0.0103. The molecule has 0 heterocycles. The van der Waals surface area contributed by atoms with Crippen molar-refractivity contribution in [3.8, 4) is 5.75 Å². The Kier molecular flexibility index (Phi) is 6.16. The molecule has 2 saturated carbocycles. The van der Waals surface area contributed by atoms with Crippen LogP contribution < -0.4 is 9.32 Å². The van der Waals surface area contributed by atoms with E-state index in [1.807, 2.05) is 13.0 Å². The predicted octanol–water partition coefficient (Wildman–Crippen LogP) is 2.88. The van der Waals surface area contributed by atoms with Crippen molar-refractivity contribution in [2.24, 2.45) is 22.4 Å². The van der Waals surface area contributed by atoms with E-state index in [0.29, 0.717) is 29.9 Å². The van der Waals surface area contributed by atoms with E-state index >= 15 is 0 Å². The van der Waals surface area contributed by atoms with Gasteiger partial charge in [0, 0.05) is 14.1 Å². The highest BCUT2D eigenvalue weighted by Crippen LogP contribution is 2.62. The van der Waals surface area contributed by atoms with E-state index < -0.39 is 20.6 Å². The van der Waals surface area contributed by atoms with E-state index in [-0.39, 0.29) is 11.5 Å². The molecule has 0 bridgehead atoms. The monoisotopic (exact) mass is 486 g/mol. The van der Waals surface area contributed by atoms with Crippen molar-refractivity contribution in [2.45, 2.75) is 70.8 Å². The fraction of sp³-hybridized carbons (Fsp3) is 0.727. The summed E-state index contributed by atoms with van der Waals surface area (Å²) in [5, 5.41) is 5.11. The number of nitrogens with two attached hydrogens (primary N) is 1. The minimum absolute atomic E-state index is 0.161. The maximum atomic E-state index is 12.4. The summed E-state index contributed by atoms with van der Waals surface area (Å²) in [5.41, 5.74) is 3.10. The first-order chi connectivity index (χ1) is 14.9. The Balaban J connectivity index is 1.62. The topological polar surface area (TPSA) is 116 Å². The van der Waals surface area contributed by atoms with Crippen LogP contribution >= 0.6 is 0 Å². The zero-order valence-corrected chi connectivity index (χ0v) is 20.8. The molecular formula is C22H34N2O6S2. The Morgan fingerprint density at radius 2 is 1.84 bits per heavy atom. The molecule has 1 aromatic rings. The van der Waals surface area contributed by atoms with Crippen molar-refractivity contribution < 1.29 is 25.2 Å². The van der Waals surface area contributed by atoms with Crippen molar-refractivity contribution in [3.05, 3.63) is 28.8 Å². The second kappa shape index (κ2) is 8.23. The number of hydrogen-bond acceptors (Lipinski definition) is 6. The first-order valence-electron chi connectivity index (χ1n) is 11.3. The lowest BCUT2D eigenvalue weighted by Gasteiger charge is -2.50. The third kappa shape index (κ3) is 4.20. The molecule has 3 aliphatic carbocycles. The maximum absolute atomic E-state index is 12.4. The van der Waals surface area contributed by atoms with E-state index in [1.54, 1.807) is 0 Å². The van der Waals surface area contributed by atoms with Crippen LogP contribution in [0.25, 0.3) is 0 Å². The third-order valence-electron chi connectivity index (χ3n) is 8.09. The number of hydrogen-bond donors (Lipinski definition) is 1. The molecule has 10 heteroatoms. The van der Waals surface area contributed by atoms with Gasteiger partial charge in [0.1, 0.15) is 5.75 Å². The first kappa shape index (κ1) is 23.9. The van der Waals surface area contributed by atoms with Crippen LogP contribution in [0.4, 0.5) is 0 Å². The Bertz CT molecular complexity index is 1100. The minimum atomic E-state index is -4.07. The minimum Gasteiger partial charge on any atom is -0.371 e. The fourth-order valence-corrected chi connectivity index (χ4v) is 7.65. The van der Waals surface area contributed by atoms with Crippen LogP contribution in [0.1, 0.15) is 68.6 Å². The molecule has 2 N–H and O–H groups in total. The number of benzene rings is 1. The Labute approximate surface area is 192 Å². The summed E-state index contributed by atoms with van der Waals surface area (Å²) in [4.78, 5) is 0. The lowest BCUT2D eigenvalue weighted by atomic mass is 9.55. The smallest absolute Gasteiger partial charge is 0.371 e. The highest BCUT2D eigenvalue weighted by molar-refractivity contribution is 7.84. The molecule has 2 fully saturated rings. The van der Waals surface area contributed by atoms with Crippen molar-refractivity contribution >= 4 is 20.6 Å². The SMILES string of the molecule is CCc1cc2c(cc1OS(N)(=O)=O)CC[C@@H]1[C@@H]2CC[C@]2(C)[C@@H](OS(=O)(=O)N(C)C)CC[C@@H]12. The van der Waals surface area contributed by atoms with E-state index in [1.165, 1.54) is 19.7 Å². The molecule has 3 aliphatic rings. The third-order valence-corrected chi connectivity index (χ3v) is 9.87. The molecular weight excluding hydrogens is 452 g/mol. The summed E-state index contributed by atoms with van der Waals surface area (Å²) < 4.78 is 59.7. The van der Waals surface area contributed by atoms with Gasteiger partial charge >= 0.3 is 20.6 Å². The Morgan fingerprint density at radius 1 is 1.12 bits per heavy atom. The standard InChI is InChI=1S/C22H34N2O6S2/c1-5-14-12-18-15(13-20(14)29-31(23,25)26)6-7-17-16(18)10-11-22(2)19(17)8-9-21(22)30-32(27,28)24(3)4/h12-13,16-17,19,21H,5-11H2,1-4H3,(H2,23,25,26)/t16-,17+,19-,21-,22-/m0/s1. The van der Waals surface area contributed by atoms with Crippen LogP contribution in [-0.4, -0.2) is 41.3 Å². The molecule has 32 heavy (non-hydrogen) atoms. The summed E-state index contributed by atoms with van der Waals surface area (Å²) in [7, 11) is -4.79. The molecule has 0 unspecified atom stereocenters. The average Bonchev–Trinajstić information content (AvgIpc) is 3.01. The van der Waals surface area contributed by atoms with Gasteiger partial charge in [0.05, 0.1) is 6.10 Å². The number of fused-ring (bicyclic) bond motifs is 5. The first-order valence-corrected chi connectivity index (χ1v) is 14.2. The molecule has 1 aromatic carbocycles. The summed E-state index contributed by atoms with van der Waals surface area (Å²) in [6, 6.07) is 3.96. The molecule has 0 spiro atoms. The van der Waals surface area contributed by atoms with Gasteiger partial charge in [0.15, 0.2) is 0 Å². The molecule has 0 amide bonds. The molecule has 180 valence electrons. The Morgan fingerprint density at radius 3 is 2.47 bits per heavy atom. The predicted molar refractivity (Wildman–Crippen MR) is 122 cm³/mol. The zero-order chi connectivity index (χ0) is 23.5. The average molecular weight is 487 g/mol.